The van der Waals surface area contributed by atoms with E-state index in [1.54, 1.807) is 0 Å². The fourth-order valence-electron chi connectivity index (χ4n) is 2.25. The van der Waals surface area contributed by atoms with Crippen LogP contribution in [0.4, 0.5) is 0 Å². The van der Waals surface area contributed by atoms with E-state index in [-0.39, 0.29) is 0 Å². The van der Waals surface area contributed by atoms with Gasteiger partial charge in [-0.2, -0.15) is 10.2 Å². The van der Waals surface area contributed by atoms with E-state index in [1.165, 1.54) is 11.1 Å². The van der Waals surface area contributed by atoms with E-state index < -0.39 is 0 Å². The van der Waals surface area contributed by atoms with Crippen LogP contribution in [0, 0.1) is 6.92 Å². The molecule has 2 heterocycles. The Kier molecular flexibility index (Phi) is 2.04. The quantitative estimate of drug-likeness (QED) is 0.638. The molecule has 4 heteroatoms. The summed E-state index contributed by atoms with van der Waals surface area (Å²) in [6.45, 7) is 2.08. The Morgan fingerprint density at radius 2 is 1.76 bits per heavy atom. The fraction of sp³-hybridized carbons (Fsp3) is 0.231. The minimum Gasteiger partial charge on any atom is -0.268 e. The van der Waals surface area contributed by atoms with Crippen LogP contribution >= 0.6 is 0 Å². The maximum absolute atomic E-state index is 4.28. The van der Waals surface area contributed by atoms with Crippen molar-refractivity contribution >= 4 is 10.9 Å². The molecule has 0 unspecified atom stereocenters. The number of fused-ring (bicyclic) bond motifs is 1. The Morgan fingerprint density at radius 3 is 2.47 bits per heavy atom. The maximum atomic E-state index is 4.28. The van der Waals surface area contributed by atoms with Gasteiger partial charge in [-0.1, -0.05) is 12.1 Å². The van der Waals surface area contributed by atoms with E-state index in [9.17, 15) is 0 Å². The van der Waals surface area contributed by atoms with Crippen molar-refractivity contribution in [1.29, 1.82) is 0 Å². The molecule has 86 valence electrons. The minimum absolute atomic E-state index is 1.14. The first-order chi connectivity index (χ1) is 8.16. The van der Waals surface area contributed by atoms with Crippen LogP contribution in [0.25, 0.3) is 22.2 Å². The van der Waals surface area contributed by atoms with Gasteiger partial charge in [-0.15, -0.1) is 0 Å². The number of benzene rings is 1. The van der Waals surface area contributed by atoms with Crippen molar-refractivity contribution in [3.8, 4) is 11.3 Å². The average molecular weight is 226 g/mol. The number of hydrogen-bond acceptors (Lipinski definition) is 2. The lowest BCUT2D eigenvalue weighted by atomic mass is 10.1. The van der Waals surface area contributed by atoms with Crippen LogP contribution in [0.15, 0.2) is 30.6 Å². The highest BCUT2D eigenvalue weighted by Gasteiger charge is 2.09. The van der Waals surface area contributed by atoms with Crippen molar-refractivity contribution in [2.45, 2.75) is 6.92 Å². The Hall–Kier alpha value is -2.10. The van der Waals surface area contributed by atoms with Gasteiger partial charge < -0.3 is 0 Å². The lowest BCUT2D eigenvalue weighted by Gasteiger charge is -2.05. The molecule has 0 saturated carbocycles. The van der Waals surface area contributed by atoms with Gasteiger partial charge in [-0.3, -0.25) is 9.36 Å². The van der Waals surface area contributed by atoms with Gasteiger partial charge >= 0.3 is 0 Å². The zero-order valence-corrected chi connectivity index (χ0v) is 10.2. The van der Waals surface area contributed by atoms with Gasteiger partial charge in [-0.05, 0) is 18.6 Å². The number of rotatable bonds is 1. The van der Waals surface area contributed by atoms with E-state index in [1.807, 2.05) is 35.9 Å². The van der Waals surface area contributed by atoms with Crippen molar-refractivity contribution in [2.75, 3.05) is 0 Å². The van der Waals surface area contributed by atoms with Crippen LogP contribution in [0.5, 0.6) is 0 Å². The molecule has 0 aliphatic rings. The highest BCUT2D eigenvalue weighted by atomic mass is 15.3. The van der Waals surface area contributed by atoms with Crippen molar-refractivity contribution in [2.24, 2.45) is 14.1 Å². The Bertz CT molecular complexity index is 671. The van der Waals surface area contributed by atoms with Gasteiger partial charge in [0.2, 0.25) is 0 Å². The summed E-state index contributed by atoms with van der Waals surface area (Å²) in [6, 6.07) is 6.38. The second-order valence-corrected chi connectivity index (χ2v) is 4.34. The monoisotopic (exact) mass is 226 g/mol. The minimum atomic E-state index is 1.14. The molecule has 17 heavy (non-hydrogen) atoms. The Labute approximate surface area is 99.5 Å². The molecular formula is C13H14N4. The van der Waals surface area contributed by atoms with Crippen molar-refractivity contribution in [3.05, 3.63) is 36.2 Å². The summed E-state index contributed by atoms with van der Waals surface area (Å²) in [5.41, 5.74) is 4.67. The van der Waals surface area contributed by atoms with Crippen LogP contribution in [0.2, 0.25) is 0 Å². The van der Waals surface area contributed by atoms with Gasteiger partial charge in [0.25, 0.3) is 0 Å². The molecule has 0 atom stereocenters. The summed E-state index contributed by atoms with van der Waals surface area (Å²) < 4.78 is 3.80. The SMILES string of the molecule is Cc1cnn(C)c1-c1ccc2cnn(C)c2c1. The van der Waals surface area contributed by atoms with Gasteiger partial charge in [0.1, 0.15) is 0 Å². The third-order valence-electron chi connectivity index (χ3n) is 3.14. The zero-order valence-electron chi connectivity index (χ0n) is 10.2. The molecule has 0 amide bonds. The third kappa shape index (κ3) is 1.45. The van der Waals surface area contributed by atoms with Crippen molar-refractivity contribution in [1.82, 2.24) is 19.6 Å². The summed E-state index contributed by atoms with van der Waals surface area (Å²) in [5.74, 6) is 0. The summed E-state index contributed by atoms with van der Waals surface area (Å²) in [6.07, 6.45) is 3.78. The largest absolute Gasteiger partial charge is 0.268 e. The standard InChI is InChI=1S/C13H14N4/c1-9-7-14-17(3)13(9)10-4-5-11-8-15-16(2)12(11)6-10/h4-8H,1-3H3. The normalized spacial score (nSPS) is 11.2. The number of nitrogens with zero attached hydrogens (tertiary/aromatic N) is 4. The molecule has 0 saturated heterocycles. The second-order valence-electron chi connectivity index (χ2n) is 4.34. The lowest BCUT2D eigenvalue weighted by Crippen LogP contribution is -1.95. The predicted octanol–water partition coefficient (Wildman–Crippen LogP) is 2.28. The summed E-state index contributed by atoms with van der Waals surface area (Å²) in [5, 5.41) is 9.70. The molecule has 4 nitrogen and oxygen atoms in total. The fourth-order valence-corrected chi connectivity index (χ4v) is 2.25. The number of hydrogen-bond donors (Lipinski definition) is 0. The van der Waals surface area contributed by atoms with Gasteiger partial charge in [-0.25, -0.2) is 0 Å². The predicted molar refractivity (Wildman–Crippen MR) is 67.7 cm³/mol. The van der Waals surface area contributed by atoms with Crippen LogP contribution in [0.3, 0.4) is 0 Å². The van der Waals surface area contributed by atoms with Gasteiger partial charge in [0.05, 0.1) is 23.6 Å². The molecule has 0 radical (unpaired) electrons. The average Bonchev–Trinajstić information content (AvgIpc) is 2.84. The van der Waals surface area contributed by atoms with E-state index in [0.717, 1.165) is 16.6 Å². The zero-order chi connectivity index (χ0) is 12.0. The molecule has 3 rings (SSSR count). The Morgan fingerprint density at radius 1 is 1.00 bits per heavy atom. The number of aromatic nitrogens is 4. The van der Waals surface area contributed by atoms with Gasteiger partial charge in [0.15, 0.2) is 0 Å². The first-order valence-electron chi connectivity index (χ1n) is 5.57. The smallest absolute Gasteiger partial charge is 0.0708 e. The molecule has 0 aliphatic heterocycles. The van der Waals surface area contributed by atoms with E-state index in [2.05, 4.69) is 35.3 Å². The third-order valence-corrected chi connectivity index (χ3v) is 3.14. The molecule has 0 N–H and O–H groups in total. The van der Waals surface area contributed by atoms with E-state index >= 15 is 0 Å². The first kappa shape index (κ1) is 10.1. The Balaban J connectivity index is 2.27. The molecule has 0 bridgehead atoms. The second kappa shape index (κ2) is 3.45. The molecule has 0 fully saturated rings. The molecule has 0 aliphatic carbocycles. The van der Waals surface area contributed by atoms with E-state index in [0.29, 0.717) is 0 Å². The van der Waals surface area contributed by atoms with Crippen LogP contribution in [-0.2, 0) is 14.1 Å². The maximum Gasteiger partial charge on any atom is 0.0708 e. The van der Waals surface area contributed by atoms with E-state index in [4.69, 9.17) is 0 Å². The first-order valence-corrected chi connectivity index (χ1v) is 5.57. The summed E-state index contributed by atoms with van der Waals surface area (Å²) >= 11 is 0. The summed E-state index contributed by atoms with van der Waals surface area (Å²) in [7, 11) is 3.93. The molecule has 3 aromatic rings. The summed E-state index contributed by atoms with van der Waals surface area (Å²) in [4.78, 5) is 0. The highest BCUT2D eigenvalue weighted by molar-refractivity contribution is 5.84. The number of aryl methyl sites for hydroxylation is 3. The highest BCUT2D eigenvalue weighted by Crippen LogP contribution is 2.26. The van der Waals surface area contributed by atoms with Crippen LogP contribution < -0.4 is 0 Å². The molecule has 2 aromatic heterocycles. The van der Waals surface area contributed by atoms with Crippen molar-refractivity contribution in [3.63, 3.8) is 0 Å². The molecule has 1 aromatic carbocycles. The van der Waals surface area contributed by atoms with Crippen LogP contribution in [-0.4, -0.2) is 19.6 Å². The van der Waals surface area contributed by atoms with Crippen LogP contribution in [0.1, 0.15) is 5.56 Å². The van der Waals surface area contributed by atoms with Gasteiger partial charge in [0, 0.05) is 25.0 Å². The molecule has 0 spiro atoms. The van der Waals surface area contributed by atoms with Crippen molar-refractivity contribution < 1.29 is 0 Å². The topological polar surface area (TPSA) is 35.6 Å². The lowest BCUT2D eigenvalue weighted by molar-refractivity contribution is 0.775. The molecular weight excluding hydrogens is 212 g/mol.